The Morgan fingerprint density at radius 2 is 1.93 bits per heavy atom. The van der Waals surface area contributed by atoms with E-state index in [9.17, 15) is 4.79 Å². The van der Waals surface area contributed by atoms with Gasteiger partial charge in [0.2, 0.25) is 0 Å². The van der Waals surface area contributed by atoms with Crippen LogP contribution >= 0.6 is 11.3 Å². The fraction of sp³-hybridized carbons (Fsp3) is 0.143. The van der Waals surface area contributed by atoms with E-state index in [1.807, 2.05) is 29.6 Å². The molecule has 0 saturated heterocycles. The molecule has 1 heterocycles. The third-order valence-electron chi connectivity index (χ3n) is 3.89. The molecule has 3 rings (SSSR count). The van der Waals surface area contributed by atoms with Crippen LogP contribution in [0.3, 0.4) is 0 Å². The van der Waals surface area contributed by atoms with E-state index in [-0.39, 0.29) is 5.91 Å². The minimum absolute atomic E-state index is 0.274. The largest absolute Gasteiger partial charge is 0.497 e. The molecule has 28 heavy (non-hydrogen) atoms. The number of thiazole rings is 1. The molecule has 0 atom stereocenters. The van der Waals surface area contributed by atoms with E-state index in [2.05, 4.69) is 16.9 Å². The van der Waals surface area contributed by atoms with Gasteiger partial charge in [-0.05, 0) is 42.5 Å². The van der Waals surface area contributed by atoms with Crippen LogP contribution in [0, 0.1) is 0 Å². The lowest BCUT2D eigenvalue weighted by Gasteiger charge is -2.10. The molecular formula is C21H20N2O4S. The average Bonchev–Trinajstić information content (AvgIpc) is 3.20. The number of methoxy groups -OCH3 is 2. The van der Waals surface area contributed by atoms with Crippen LogP contribution in [0.4, 0.5) is 5.13 Å². The number of anilines is 1. The van der Waals surface area contributed by atoms with Crippen molar-refractivity contribution >= 4 is 22.4 Å². The van der Waals surface area contributed by atoms with Crippen molar-refractivity contribution in [3.05, 3.63) is 66.1 Å². The quantitative estimate of drug-likeness (QED) is 0.562. The summed E-state index contributed by atoms with van der Waals surface area (Å²) < 4.78 is 16.0. The summed E-state index contributed by atoms with van der Waals surface area (Å²) in [5.41, 5.74) is 2.18. The van der Waals surface area contributed by atoms with Gasteiger partial charge in [-0.15, -0.1) is 11.3 Å². The maximum absolute atomic E-state index is 12.6. The van der Waals surface area contributed by atoms with Gasteiger partial charge in [-0.25, -0.2) is 4.98 Å². The van der Waals surface area contributed by atoms with Gasteiger partial charge in [0.25, 0.3) is 5.91 Å². The van der Waals surface area contributed by atoms with E-state index in [0.717, 1.165) is 17.0 Å². The summed E-state index contributed by atoms with van der Waals surface area (Å²) in [6, 6.07) is 12.6. The van der Waals surface area contributed by atoms with Crippen LogP contribution in [0.5, 0.6) is 17.2 Å². The lowest BCUT2D eigenvalue weighted by atomic mass is 10.2. The number of hydrogen-bond acceptors (Lipinski definition) is 6. The van der Waals surface area contributed by atoms with Crippen LogP contribution in [0.2, 0.25) is 0 Å². The minimum atomic E-state index is -0.274. The van der Waals surface area contributed by atoms with Crippen LogP contribution in [-0.2, 0) is 0 Å². The smallest absolute Gasteiger partial charge is 0.257 e. The van der Waals surface area contributed by atoms with Crippen LogP contribution in [0.25, 0.3) is 11.3 Å². The Bertz CT molecular complexity index is 967. The third kappa shape index (κ3) is 4.50. The number of benzene rings is 2. The molecule has 0 aliphatic carbocycles. The molecule has 2 aromatic carbocycles. The Morgan fingerprint density at radius 1 is 1.14 bits per heavy atom. The van der Waals surface area contributed by atoms with Gasteiger partial charge in [0, 0.05) is 16.5 Å². The summed E-state index contributed by atoms with van der Waals surface area (Å²) in [4.78, 5) is 17.0. The lowest BCUT2D eigenvalue weighted by molar-refractivity contribution is 0.102. The van der Waals surface area contributed by atoms with Gasteiger partial charge in [-0.1, -0.05) is 12.7 Å². The van der Waals surface area contributed by atoms with Gasteiger partial charge in [0.15, 0.2) is 16.6 Å². The molecule has 0 saturated carbocycles. The molecule has 0 aliphatic rings. The van der Waals surface area contributed by atoms with E-state index in [1.165, 1.54) is 18.4 Å². The summed E-state index contributed by atoms with van der Waals surface area (Å²) in [6.07, 6.45) is 1.64. The molecule has 0 bridgehead atoms. The molecule has 3 aromatic rings. The van der Waals surface area contributed by atoms with Crippen molar-refractivity contribution in [3.63, 3.8) is 0 Å². The third-order valence-corrected chi connectivity index (χ3v) is 4.65. The minimum Gasteiger partial charge on any atom is -0.497 e. The molecule has 0 spiro atoms. The second-order valence-electron chi connectivity index (χ2n) is 5.69. The molecule has 0 unspecified atom stereocenters. The number of nitrogens with one attached hydrogen (secondary N) is 1. The second-order valence-corrected chi connectivity index (χ2v) is 6.54. The van der Waals surface area contributed by atoms with Gasteiger partial charge in [-0.3, -0.25) is 10.1 Å². The van der Waals surface area contributed by atoms with Gasteiger partial charge in [0.1, 0.15) is 12.4 Å². The molecular weight excluding hydrogens is 376 g/mol. The molecule has 1 aromatic heterocycles. The fourth-order valence-corrected chi connectivity index (χ4v) is 3.19. The highest BCUT2D eigenvalue weighted by Gasteiger charge is 2.13. The summed E-state index contributed by atoms with van der Waals surface area (Å²) in [7, 11) is 3.15. The summed E-state index contributed by atoms with van der Waals surface area (Å²) >= 11 is 1.36. The Morgan fingerprint density at radius 3 is 2.61 bits per heavy atom. The lowest BCUT2D eigenvalue weighted by Crippen LogP contribution is -2.12. The summed E-state index contributed by atoms with van der Waals surface area (Å²) in [5.74, 6) is 1.54. The maximum Gasteiger partial charge on any atom is 0.257 e. The predicted octanol–water partition coefficient (Wildman–Crippen LogP) is 4.64. The molecule has 0 aliphatic heterocycles. The first-order valence-corrected chi connectivity index (χ1v) is 9.35. The molecule has 1 N–H and O–H groups in total. The average molecular weight is 396 g/mol. The van der Waals surface area contributed by atoms with Crippen molar-refractivity contribution in [1.82, 2.24) is 4.98 Å². The first-order chi connectivity index (χ1) is 13.6. The Labute approximate surface area is 167 Å². The first kappa shape index (κ1) is 19.4. The molecule has 7 heteroatoms. The Balaban J connectivity index is 1.72. The zero-order chi connectivity index (χ0) is 19.9. The van der Waals surface area contributed by atoms with Crippen molar-refractivity contribution in [3.8, 4) is 28.5 Å². The number of amides is 1. The number of rotatable bonds is 8. The zero-order valence-electron chi connectivity index (χ0n) is 15.6. The van der Waals surface area contributed by atoms with Gasteiger partial charge in [0.05, 0.1) is 19.9 Å². The van der Waals surface area contributed by atoms with E-state index in [4.69, 9.17) is 14.2 Å². The van der Waals surface area contributed by atoms with Crippen molar-refractivity contribution in [2.24, 2.45) is 0 Å². The summed E-state index contributed by atoms with van der Waals surface area (Å²) in [5, 5.41) is 5.22. The monoisotopic (exact) mass is 396 g/mol. The van der Waals surface area contributed by atoms with Crippen LogP contribution in [0.15, 0.2) is 60.5 Å². The van der Waals surface area contributed by atoms with E-state index in [1.54, 1.807) is 31.4 Å². The molecule has 0 fully saturated rings. The molecule has 0 radical (unpaired) electrons. The number of carbonyl (C=O) groups excluding carboxylic acids is 1. The van der Waals surface area contributed by atoms with Crippen molar-refractivity contribution in [2.45, 2.75) is 0 Å². The molecule has 6 nitrogen and oxygen atoms in total. The standard InChI is InChI=1S/C21H20N2O4S/c1-4-11-27-18-10-7-15(12-19(18)26-3)20(24)23-21-22-17(13-28-21)14-5-8-16(25-2)9-6-14/h4-10,12-13H,1,11H2,2-3H3,(H,22,23,24). The van der Waals surface area contributed by atoms with E-state index >= 15 is 0 Å². The van der Waals surface area contributed by atoms with Crippen LogP contribution in [0.1, 0.15) is 10.4 Å². The van der Waals surface area contributed by atoms with E-state index < -0.39 is 0 Å². The Hall–Kier alpha value is -3.32. The topological polar surface area (TPSA) is 69.7 Å². The SMILES string of the molecule is C=CCOc1ccc(C(=O)Nc2nc(-c3ccc(OC)cc3)cs2)cc1OC. The van der Waals surface area contributed by atoms with Crippen molar-refractivity contribution in [2.75, 3.05) is 26.1 Å². The highest BCUT2D eigenvalue weighted by molar-refractivity contribution is 7.14. The van der Waals surface area contributed by atoms with Gasteiger partial charge in [-0.2, -0.15) is 0 Å². The predicted molar refractivity (Wildman–Crippen MR) is 111 cm³/mol. The van der Waals surface area contributed by atoms with Crippen LogP contribution in [-0.4, -0.2) is 31.7 Å². The zero-order valence-corrected chi connectivity index (χ0v) is 16.4. The highest BCUT2D eigenvalue weighted by Crippen LogP contribution is 2.30. The normalized spacial score (nSPS) is 10.2. The number of ether oxygens (including phenoxy) is 3. The van der Waals surface area contributed by atoms with Gasteiger partial charge < -0.3 is 14.2 Å². The Kier molecular flexibility index (Phi) is 6.29. The van der Waals surface area contributed by atoms with E-state index in [0.29, 0.717) is 28.8 Å². The molecule has 1 amide bonds. The first-order valence-electron chi connectivity index (χ1n) is 8.47. The number of nitrogens with zero attached hydrogens (tertiary/aromatic N) is 1. The maximum atomic E-state index is 12.6. The van der Waals surface area contributed by atoms with Crippen LogP contribution < -0.4 is 19.5 Å². The second kappa shape index (κ2) is 9.05. The number of hydrogen-bond donors (Lipinski definition) is 1. The highest BCUT2D eigenvalue weighted by atomic mass is 32.1. The summed E-state index contributed by atoms with van der Waals surface area (Å²) in [6.45, 7) is 3.97. The van der Waals surface area contributed by atoms with Crippen molar-refractivity contribution in [1.29, 1.82) is 0 Å². The molecule has 144 valence electrons. The fourth-order valence-electron chi connectivity index (χ4n) is 2.47. The van der Waals surface area contributed by atoms with Gasteiger partial charge >= 0.3 is 0 Å². The number of carbonyl (C=O) groups is 1. The van der Waals surface area contributed by atoms with Crippen molar-refractivity contribution < 1.29 is 19.0 Å². The number of aromatic nitrogens is 1.